The summed E-state index contributed by atoms with van der Waals surface area (Å²) in [6.45, 7) is 2.79. The maximum atomic E-state index is 4.44. The number of tetrazole rings is 1. The summed E-state index contributed by atoms with van der Waals surface area (Å²) in [4.78, 5) is 8.63. The molecule has 0 aromatic carbocycles. The van der Waals surface area contributed by atoms with E-state index in [9.17, 15) is 0 Å². The van der Waals surface area contributed by atoms with E-state index >= 15 is 0 Å². The highest BCUT2D eigenvalue weighted by molar-refractivity contribution is 9.10. The SMILES string of the molecule is CCNc1ncc(Br)c(Sc2nnnn2C2CC2)n1. The molecule has 0 radical (unpaired) electrons. The van der Waals surface area contributed by atoms with Crippen LogP contribution in [0.1, 0.15) is 25.8 Å². The van der Waals surface area contributed by atoms with Crippen molar-refractivity contribution in [1.82, 2.24) is 30.2 Å². The van der Waals surface area contributed by atoms with Crippen molar-refractivity contribution in [1.29, 1.82) is 0 Å². The van der Waals surface area contributed by atoms with Gasteiger partial charge in [-0.2, -0.15) is 0 Å². The molecule has 1 N–H and O–H groups in total. The summed E-state index contributed by atoms with van der Waals surface area (Å²) < 4.78 is 2.70. The lowest BCUT2D eigenvalue weighted by molar-refractivity contribution is 0.565. The lowest BCUT2D eigenvalue weighted by Crippen LogP contribution is -2.03. The van der Waals surface area contributed by atoms with Crippen molar-refractivity contribution in [2.24, 2.45) is 0 Å². The quantitative estimate of drug-likeness (QED) is 0.834. The third kappa shape index (κ3) is 2.86. The molecule has 1 aliphatic rings. The number of nitrogens with one attached hydrogen (secondary N) is 1. The smallest absolute Gasteiger partial charge is 0.223 e. The molecule has 1 saturated carbocycles. The lowest BCUT2D eigenvalue weighted by Gasteiger charge is -2.06. The zero-order valence-electron chi connectivity index (χ0n) is 10.2. The van der Waals surface area contributed by atoms with E-state index in [2.05, 4.69) is 46.7 Å². The number of rotatable bonds is 5. The van der Waals surface area contributed by atoms with Crippen molar-refractivity contribution >= 4 is 33.6 Å². The second kappa shape index (κ2) is 5.41. The van der Waals surface area contributed by atoms with Gasteiger partial charge in [0.25, 0.3) is 0 Å². The minimum Gasteiger partial charge on any atom is -0.354 e. The van der Waals surface area contributed by atoms with E-state index < -0.39 is 0 Å². The Morgan fingerprint density at radius 3 is 3.11 bits per heavy atom. The highest BCUT2D eigenvalue weighted by Crippen LogP contribution is 2.38. The van der Waals surface area contributed by atoms with Gasteiger partial charge in [0, 0.05) is 12.7 Å². The van der Waals surface area contributed by atoms with Crippen LogP contribution in [0.4, 0.5) is 5.95 Å². The maximum absolute atomic E-state index is 4.44. The van der Waals surface area contributed by atoms with Crippen LogP contribution in [0.25, 0.3) is 0 Å². The van der Waals surface area contributed by atoms with Crippen LogP contribution in [0.2, 0.25) is 0 Å². The molecular weight excluding hydrogens is 330 g/mol. The Balaban J connectivity index is 1.85. The first-order chi connectivity index (χ1) is 9.28. The molecule has 1 aliphatic carbocycles. The highest BCUT2D eigenvalue weighted by atomic mass is 79.9. The molecule has 0 amide bonds. The summed E-state index contributed by atoms with van der Waals surface area (Å²) in [5, 5.41) is 16.5. The fourth-order valence-electron chi connectivity index (χ4n) is 1.55. The first-order valence-corrected chi connectivity index (χ1v) is 7.61. The molecule has 7 nitrogen and oxygen atoms in total. The van der Waals surface area contributed by atoms with Gasteiger partial charge in [-0.05, 0) is 57.9 Å². The van der Waals surface area contributed by atoms with E-state index in [1.54, 1.807) is 6.20 Å². The van der Waals surface area contributed by atoms with Crippen molar-refractivity contribution in [3.05, 3.63) is 10.7 Å². The molecule has 19 heavy (non-hydrogen) atoms. The summed E-state index contributed by atoms with van der Waals surface area (Å²) in [6.07, 6.45) is 4.02. The van der Waals surface area contributed by atoms with Gasteiger partial charge in [0.05, 0.1) is 10.5 Å². The van der Waals surface area contributed by atoms with Crippen LogP contribution in [-0.2, 0) is 0 Å². The minimum atomic E-state index is 0.450. The Morgan fingerprint density at radius 2 is 2.37 bits per heavy atom. The first-order valence-electron chi connectivity index (χ1n) is 6.00. The van der Waals surface area contributed by atoms with E-state index in [1.807, 2.05) is 11.6 Å². The Morgan fingerprint density at radius 1 is 1.53 bits per heavy atom. The topological polar surface area (TPSA) is 81.4 Å². The molecule has 0 bridgehead atoms. The summed E-state index contributed by atoms with van der Waals surface area (Å²) in [5.41, 5.74) is 0. The molecule has 100 valence electrons. The van der Waals surface area contributed by atoms with Crippen molar-refractivity contribution in [3.63, 3.8) is 0 Å². The van der Waals surface area contributed by atoms with Crippen LogP contribution < -0.4 is 5.32 Å². The maximum Gasteiger partial charge on any atom is 0.223 e. The van der Waals surface area contributed by atoms with E-state index in [0.29, 0.717) is 12.0 Å². The van der Waals surface area contributed by atoms with E-state index in [-0.39, 0.29) is 0 Å². The number of hydrogen-bond acceptors (Lipinski definition) is 7. The summed E-state index contributed by atoms with van der Waals surface area (Å²) in [5.74, 6) is 0.610. The molecule has 3 rings (SSSR count). The molecule has 2 aromatic heterocycles. The lowest BCUT2D eigenvalue weighted by atomic mass is 10.6. The standard InChI is InChI=1S/C10H12BrN7S/c1-2-12-9-13-5-7(11)8(14-9)19-10-15-16-17-18(10)6-3-4-6/h5-6H,2-4H2,1H3,(H,12,13,14). The van der Waals surface area contributed by atoms with Gasteiger partial charge in [-0.25, -0.2) is 14.6 Å². The minimum absolute atomic E-state index is 0.450. The van der Waals surface area contributed by atoms with Gasteiger partial charge in [-0.15, -0.1) is 5.10 Å². The van der Waals surface area contributed by atoms with Crippen LogP contribution in [0.3, 0.4) is 0 Å². The molecule has 0 saturated heterocycles. The van der Waals surface area contributed by atoms with E-state index in [0.717, 1.165) is 34.0 Å². The molecular formula is C10H12BrN7S. The predicted molar refractivity (Wildman–Crippen MR) is 74.1 cm³/mol. The fourth-order valence-corrected chi connectivity index (χ4v) is 2.80. The molecule has 0 atom stereocenters. The Labute approximate surface area is 122 Å². The number of hydrogen-bond donors (Lipinski definition) is 1. The van der Waals surface area contributed by atoms with Crippen molar-refractivity contribution in [3.8, 4) is 0 Å². The van der Waals surface area contributed by atoms with E-state index in [1.165, 1.54) is 11.8 Å². The average molecular weight is 342 g/mol. The monoisotopic (exact) mass is 341 g/mol. The normalized spacial score (nSPS) is 14.6. The predicted octanol–water partition coefficient (Wildman–Crippen LogP) is 2.14. The summed E-state index contributed by atoms with van der Waals surface area (Å²) >= 11 is 4.90. The van der Waals surface area contributed by atoms with E-state index in [4.69, 9.17) is 0 Å². The molecule has 1 fully saturated rings. The Hall–Kier alpha value is -1.22. The number of anilines is 1. The molecule has 0 unspecified atom stereocenters. The van der Waals surface area contributed by atoms with Gasteiger partial charge < -0.3 is 5.32 Å². The molecule has 2 aromatic rings. The first kappa shape index (κ1) is 12.8. The zero-order chi connectivity index (χ0) is 13.2. The molecule has 0 aliphatic heterocycles. The van der Waals surface area contributed by atoms with Gasteiger partial charge in [0.2, 0.25) is 11.1 Å². The van der Waals surface area contributed by atoms with Crippen molar-refractivity contribution in [2.75, 3.05) is 11.9 Å². The Bertz CT molecular complexity index is 583. The molecule has 2 heterocycles. The van der Waals surface area contributed by atoms with Crippen LogP contribution in [0.5, 0.6) is 0 Å². The third-order valence-electron chi connectivity index (χ3n) is 2.59. The van der Waals surface area contributed by atoms with Crippen LogP contribution in [0.15, 0.2) is 20.9 Å². The third-order valence-corrected chi connectivity index (χ3v) is 4.39. The summed E-state index contributed by atoms with van der Waals surface area (Å²) in [6, 6.07) is 0.450. The van der Waals surface area contributed by atoms with Crippen LogP contribution in [0, 0.1) is 0 Å². The summed E-state index contributed by atoms with van der Waals surface area (Å²) in [7, 11) is 0. The Kier molecular flexibility index (Phi) is 3.65. The number of aromatic nitrogens is 6. The van der Waals surface area contributed by atoms with Gasteiger partial charge in [0.1, 0.15) is 5.03 Å². The molecule has 9 heteroatoms. The number of nitrogens with zero attached hydrogens (tertiary/aromatic N) is 6. The highest BCUT2D eigenvalue weighted by Gasteiger charge is 2.28. The second-order valence-electron chi connectivity index (χ2n) is 4.12. The van der Waals surface area contributed by atoms with Gasteiger partial charge in [-0.1, -0.05) is 0 Å². The van der Waals surface area contributed by atoms with Gasteiger partial charge in [0.15, 0.2) is 0 Å². The van der Waals surface area contributed by atoms with Gasteiger partial charge in [-0.3, -0.25) is 0 Å². The van der Waals surface area contributed by atoms with Gasteiger partial charge >= 0.3 is 0 Å². The second-order valence-corrected chi connectivity index (χ2v) is 5.93. The fraction of sp³-hybridized carbons (Fsp3) is 0.500. The van der Waals surface area contributed by atoms with Crippen LogP contribution in [-0.4, -0.2) is 36.7 Å². The number of halogens is 1. The average Bonchev–Trinajstić information content (AvgIpc) is 3.14. The van der Waals surface area contributed by atoms with Crippen LogP contribution >= 0.6 is 27.7 Å². The largest absolute Gasteiger partial charge is 0.354 e. The van der Waals surface area contributed by atoms with Crippen molar-refractivity contribution in [2.45, 2.75) is 36.0 Å². The molecule has 0 spiro atoms. The van der Waals surface area contributed by atoms with Crippen molar-refractivity contribution < 1.29 is 0 Å². The zero-order valence-corrected chi connectivity index (χ0v) is 12.6.